The number of fused-ring (bicyclic) bond motifs is 1. The van der Waals surface area contributed by atoms with E-state index in [1.165, 1.54) is 6.20 Å². The molecule has 7 heteroatoms. The van der Waals surface area contributed by atoms with Gasteiger partial charge in [-0.05, 0) is 51.7 Å². The fraction of sp³-hybridized carbons (Fsp3) is 0.611. The van der Waals surface area contributed by atoms with Gasteiger partial charge in [-0.3, -0.25) is 4.79 Å². The van der Waals surface area contributed by atoms with E-state index in [1.807, 2.05) is 25.7 Å². The lowest BCUT2D eigenvalue weighted by atomic mass is 9.92. The Morgan fingerprint density at radius 2 is 2.04 bits per heavy atom. The second kappa shape index (κ2) is 6.54. The molecule has 2 aliphatic rings. The maximum atomic E-state index is 12.7. The molecular weight excluding hydrogens is 320 g/mol. The average molecular weight is 346 g/mol. The number of hydrogen-bond acceptors (Lipinski definition) is 5. The molecule has 25 heavy (non-hydrogen) atoms. The van der Waals surface area contributed by atoms with Crippen LogP contribution in [0.15, 0.2) is 18.3 Å². The Morgan fingerprint density at radius 3 is 2.68 bits per heavy atom. The molecule has 1 aromatic rings. The predicted octanol–water partition coefficient (Wildman–Crippen LogP) is 2.14. The van der Waals surface area contributed by atoms with E-state index in [0.29, 0.717) is 36.9 Å². The van der Waals surface area contributed by atoms with E-state index in [1.54, 1.807) is 17.0 Å². The third kappa shape index (κ3) is 3.86. The molecule has 0 aliphatic carbocycles. The topological polar surface area (TPSA) is 88.8 Å². The number of hydrogen-bond donors (Lipinski definition) is 1. The zero-order valence-corrected chi connectivity index (χ0v) is 15.1. The molecule has 3 rings (SSSR count). The number of nitrogen functional groups attached to an aromatic ring is 1. The van der Waals surface area contributed by atoms with Crippen molar-refractivity contribution in [2.45, 2.75) is 45.3 Å². The number of aromatic nitrogens is 1. The van der Waals surface area contributed by atoms with E-state index >= 15 is 0 Å². The maximum absolute atomic E-state index is 12.7. The van der Waals surface area contributed by atoms with Gasteiger partial charge in [0.15, 0.2) is 0 Å². The minimum atomic E-state index is -0.520. The van der Waals surface area contributed by atoms with Crippen molar-refractivity contribution in [1.82, 2.24) is 14.8 Å². The smallest absolute Gasteiger partial charge is 0.410 e. The minimum absolute atomic E-state index is 0.0225. The van der Waals surface area contributed by atoms with Crippen molar-refractivity contribution in [2.24, 2.45) is 5.92 Å². The number of carbonyl (C=O) groups is 2. The second-order valence-electron chi connectivity index (χ2n) is 7.83. The number of amides is 2. The molecule has 3 heterocycles. The van der Waals surface area contributed by atoms with Crippen molar-refractivity contribution in [3.63, 3.8) is 0 Å². The first kappa shape index (κ1) is 17.5. The number of nitrogens with zero attached hydrogens (tertiary/aromatic N) is 3. The van der Waals surface area contributed by atoms with E-state index in [2.05, 4.69) is 4.98 Å². The van der Waals surface area contributed by atoms with Crippen LogP contribution in [0.25, 0.3) is 0 Å². The number of nitrogens with two attached hydrogens (primary N) is 1. The zero-order chi connectivity index (χ0) is 18.2. The number of ether oxygens (including phenoxy) is 1. The Morgan fingerprint density at radius 1 is 1.28 bits per heavy atom. The van der Waals surface area contributed by atoms with Crippen molar-refractivity contribution < 1.29 is 14.3 Å². The van der Waals surface area contributed by atoms with Gasteiger partial charge in [0.25, 0.3) is 5.91 Å². The third-order valence-corrected chi connectivity index (χ3v) is 4.73. The predicted molar refractivity (Wildman–Crippen MR) is 94.0 cm³/mol. The number of rotatable bonds is 1. The number of anilines is 1. The maximum Gasteiger partial charge on any atom is 0.410 e. The summed E-state index contributed by atoms with van der Waals surface area (Å²) in [6.07, 6.45) is 3.18. The third-order valence-electron chi connectivity index (χ3n) is 4.73. The zero-order valence-electron chi connectivity index (χ0n) is 15.1. The molecule has 2 unspecified atom stereocenters. The number of carbonyl (C=O) groups excluding carboxylic acids is 2. The van der Waals surface area contributed by atoms with Gasteiger partial charge in [-0.25, -0.2) is 9.78 Å². The minimum Gasteiger partial charge on any atom is -0.444 e. The summed E-state index contributed by atoms with van der Waals surface area (Å²) >= 11 is 0. The Bertz CT molecular complexity index is 653. The van der Waals surface area contributed by atoms with Gasteiger partial charge in [0.1, 0.15) is 11.4 Å². The summed E-state index contributed by atoms with van der Waals surface area (Å²) in [6, 6.07) is 3.34. The van der Waals surface area contributed by atoms with Crippen molar-refractivity contribution in [2.75, 3.05) is 25.4 Å². The highest BCUT2D eigenvalue weighted by molar-refractivity contribution is 5.94. The van der Waals surface area contributed by atoms with E-state index in [0.717, 1.165) is 12.8 Å². The summed E-state index contributed by atoms with van der Waals surface area (Å²) in [7, 11) is 0. The van der Waals surface area contributed by atoms with Gasteiger partial charge in [0, 0.05) is 25.8 Å². The SMILES string of the molecule is CC(C)(C)OC(=O)N1CCCC2CN(C(=O)c3ccc(N)nc3)CC21. The Kier molecular flexibility index (Phi) is 4.58. The van der Waals surface area contributed by atoms with Crippen LogP contribution >= 0.6 is 0 Å². The summed E-state index contributed by atoms with van der Waals surface area (Å²) < 4.78 is 5.54. The van der Waals surface area contributed by atoms with Crippen LogP contribution in [-0.4, -0.2) is 58.1 Å². The van der Waals surface area contributed by atoms with Gasteiger partial charge in [-0.1, -0.05) is 0 Å². The lowest BCUT2D eigenvalue weighted by Gasteiger charge is -2.37. The molecule has 2 atom stereocenters. The average Bonchev–Trinajstić information content (AvgIpc) is 2.97. The van der Waals surface area contributed by atoms with Gasteiger partial charge in [-0.2, -0.15) is 0 Å². The monoisotopic (exact) mass is 346 g/mol. The summed E-state index contributed by atoms with van der Waals surface area (Å²) in [4.78, 5) is 32.8. The molecule has 1 aromatic heterocycles. The first-order valence-corrected chi connectivity index (χ1v) is 8.75. The molecule has 2 amide bonds. The van der Waals surface area contributed by atoms with Crippen LogP contribution in [0.1, 0.15) is 44.0 Å². The molecule has 2 fully saturated rings. The molecular formula is C18H26N4O3. The molecule has 2 aliphatic heterocycles. The van der Waals surface area contributed by atoms with E-state index in [4.69, 9.17) is 10.5 Å². The molecule has 0 bridgehead atoms. The van der Waals surface area contributed by atoms with Gasteiger partial charge in [-0.15, -0.1) is 0 Å². The largest absolute Gasteiger partial charge is 0.444 e. The van der Waals surface area contributed by atoms with Crippen molar-refractivity contribution in [3.8, 4) is 0 Å². The van der Waals surface area contributed by atoms with Crippen LogP contribution < -0.4 is 5.73 Å². The second-order valence-corrected chi connectivity index (χ2v) is 7.83. The Balaban J connectivity index is 1.71. The van der Waals surface area contributed by atoms with Crippen LogP contribution in [0.4, 0.5) is 10.6 Å². The van der Waals surface area contributed by atoms with Crippen LogP contribution in [-0.2, 0) is 4.74 Å². The fourth-order valence-electron chi connectivity index (χ4n) is 3.61. The Labute approximate surface area is 148 Å². The molecule has 0 aromatic carbocycles. The van der Waals surface area contributed by atoms with Gasteiger partial charge < -0.3 is 20.3 Å². The molecule has 0 radical (unpaired) electrons. The van der Waals surface area contributed by atoms with Gasteiger partial charge in [0.2, 0.25) is 0 Å². The lowest BCUT2D eigenvalue weighted by Crippen LogP contribution is -2.50. The fourth-order valence-corrected chi connectivity index (χ4v) is 3.61. The first-order chi connectivity index (χ1) is 11.7. The van der Waals surface area contributed by atoms with Gasteiger partial charge >= 0.3 is 6.09 Å². The molecule has 2 saturated heterocycles. The highest BCUT2D eigenvalue weighted by Gasteiger charge is 2.43. The van der Waals surface area contributed by atoms with Crippen molar-refractivity contribution in [3.05, 3.63) is 23.9 Å². The van der Waals surface area contributed by atoms with Gasteiger partial charge in [0.05, 0.1) is 11.6 Å². The number of likely N-dealkylation sites (tertiary alicyclic amines) is 2. The number of piperidine rings is 1. The molecule has 0 saturated carbocycles. The summed E-state index contributed by atoms with van der Waals surface area (Å²) in [5.74, 6) is 0.626. The van der Waals surface area contributed by atoms with Crippen LogP contribution in [0.2, 0.25) is 0 Å². The van der Waals surface area contributed by atoms with E-state index in [-0.39, 0.29) is 18.0 Å². The normalized spacial score (nSPS) is 23.3. The first-order valence-electron chi connectivity index (χ1n) is 8.75. The lowest BCUT2D eigenvalue weighted by molar-refractivity contribution is 0.00615. The van der Waals surface area contributed by atoms with Crippen LogP contribution in [0, 0.1) is 5.92 Å². The highest BCUT2D eigenvalue weighted by Crippen LogP contribution is 2.32. The van der Waals surface area contributed by atoms with Crippen molar-refractivity contribution in [1.29, 1.82) is 0 Å². The summed E-state index contributed by atoms with van der Waals surface area (Å²) in [5, 5.41) is 0. The molecule has 136 valence electrons. The van der Waals surface area contributed by atoms with E-state index in [9.17, 15) is 9.59 Å². The molecule has 7 nitrogen and oxygen atoms in total. The number of pyridine rings is 1. The quantitative estimate of drug-likeness (QED) is 0.841. The van der Waals surface area contributed by atoms with Crippen LogP contribution in [0.3, 0.4) is 0 Å². The molecule has 2 N–H and O–H groups in total. The summed E-state index contributed by atoms with van der Waals surface area (Å²) in [6.45, 7) is 7.47. The van der Waals surface area contributed by atoms with Crippen molar-refractivity contribution >= 4 is 17.8 Å². The highest BCUT2D eigenvalue weighted by atomic mass is 16.6. The molecule has 0 spiro atoms. The van der Waals surface area contributed by atoms with Crippen LogP contribution in [0.5, 0.6) is 0 Å². The standard InChI is InChI=1S/C18H26N4O3/c1-18(2,3)25-17(24)22-8-4-5-13-10-21(11-14(13)22)16(23)12-6-7-15(19)20-9-12/h6-7,9,13-14H,4-5,8,10-11H2,1-3H3,(H2,19,20). The summed E-state index contributed by atoms with van der Waals surface area (Å²) in [5.41, 5.74) is 5.59. The Hall–Kier alpha value is -2.31. The van der Waals surface area contributed by atoms with E-state index < -0.39 is 5.60 Å².